The van der Waals surface area contributed by atoms with Crippen molar-refractivity contribution in [1.82, 2.24) is 19.7 Å². The maximum Gasteiger partial charge on any atom is 0.159 e. The molecule has 0 saturated carbocycles. The Bertz CT molecular complexity index is 629. The topological polar surface area (TPSA) is 54.2 Å². The highest BCUT2D eigenvalue weighted by Crippen LogP contribution is 2.17. The third kappa shape index (κ3) is 3.62. The van der Waals surface area contributed by atoms with Gasteiger partial charge >= 0.3 is 0 Å². The maximum atomic E-state index is 13.2. The van der Waals surface area contributed by atoms with E-state index in [0.29, 0.717) is 12.1 Å². The van der Waals surface area contributed by atoms with Crippen molar-refractivity contribution in [3.8, 4) is 0 Å². The van der Waals surface area contributed by atoms with Crippen LogP contribution >= 0.6 is 0 Å². The second kappa shape index (κ2) is 6.28. The minimum atomic E-state index is -0.960. The van der Waals surface area contributed by atoms with Gasteiger partial charge < -0.3 is 9.67 Å². The highest BCUT2D eigenvalue weighted by Gasteiger charge is 2.15. The van der Waals surface area contributed by atoms with Crippen molar-refractivity contribution in [3.05, 3.63) is 47.0 Å². The van der Waals surface area contributed by atoms with Crippen LogP contribution in [0.25, 0.3) is 0 Å². The molecule has 0 aliphatic rings. The fraction of sp³-hybridized carbons (Fsp3) is 0.429. The molecule has 21 heavy (non-hydrogen) atoms. The number of aliphatic hydroxyl groups is 1. The summed E-state index contributed by atoms with van der Waals surface area (Å²) in [5.74, 6) is -0.306. The van der Waals surface area contributed by atoms with Crippen LogP contribution in [0.2, 0.25) is 0 Å². The molecule has 1 N–H and O–H groups in total. The molecule has 2 rings (SSSR count). The van der Waals surface area contributed by atoms with Crippen LogP contribution in [-0.2, 0) is 13.6 Å². The molecule has 0 bridgehead atoms. The summed E-state index contributed by atoms with van der Waals surface area (Å²) in [6, 6.07) is 3.41. The number of hydrogen-bond acceptors (Lipinski definition) is 4. The molecule has 1 unspecified atom stereocenters. The Morgan fingerprint density at radius 2 is 2.00 bits per heavy atom. The summed E-state index contributed by atoms with van der Waals surface area (Å²) in [6.07, 6.45) is -0.903. The molecule has 5 nitrogen and oxygen atoms in total. The Labute approximate surface area is 121 Å². The van der Waals surface area contributed by atoms with E-state index in [1.807, 2.05) is 30.5 Å². The molecule has 1 aromatic carbocycles. The van der Waals surface area contributed by atoms with E-state index in [2.05, 4.69) is 10.2 Å². The molecule has 0 spiro atoms. The van der Waals surface area contributed by atoms with Gasteiger partial charge in [0.1, 0.15) is 11.6 Å². The fourth-order valence-corrected chi connectivity index (χ4v) is 2.01. The third-order valence-corrected chi connectivity index (χ3v) is 3.41. The Hall–Kier alpha value is -1.86. The first-order valence-corrected chi connectivity index (χ1v) is 6.55. The third-order valence-electron chi connectivity index (χ3n) is 3.41. The van der Waals surface area contributed by atoms with E-state index < -0.39 is 17.7 Å². The van der Waals surface area contributed by atoms with Gasteiger partial charge in [-0.25, -0.2) is 8.78 Å². The van der Waals surface area contributed by atoms with Crippen molar-refractivity contribution >= 4 is 0 Å². The van der Waals surface area contributed by atoms with Gasteiger partial charge in [0.05, 0.1) is 12.6 Å². The molecule has 0 fully saturated rings. The zero-order chi connectivity index (χ0) is 15.6. The van der Waals surface area contributed by atoms with Gasteiger partial charge in [0.25, 0.3) is 0 Å². The minimum absolute atomic E-state index is 0.275. The summed E-state index contributed by atoms with van der Waals surface area (Å²) in [5, 5.41) is 18.1. The second-order valence-electron chi connectivity index (χ2n) is 5.11. The Morgan fingerprint density at radius 1 is 1.29 bits per heavy atom. The Kier molecular flexibility index (Phi) is 4.64. The molecular formula is C14H18F2N4O. The zero-order valence-electron chi connectivity index (χ0n) is 12.2. The molecule has 1 atom stereocenters. The molecule has 0 amide bonds. The number of benzene rings is 1. The molecule has 0 radical (unpaired) electrons. The molecule has 114 valence electrons. The van der Waals surface area contributed by atoms with Crippen molar-refractivity contribution in [2.24, 2.45) is 7.05 Å². The van der Waals surface area contributed by atoms with Crippen molar-refractivity contribution in [3.63, 3.8) is 0 Å². The molecule has 0 saturated heterocycles. The number of aromatic nitrogens is 3. The Balaban J connectivity index is 2.00. The zero-order valence-corrected chi connectivity index (χ0v) is 12.2. The normalized spacial score (nSPS) is 12.9. The molecule has 0 aliphatic heterocycles. The lowest BCUT2D eigenvalue weighted by molar-refractivity contribution is 0.121. The summed E-state index contributed by atoms with van der Waals surface area (Å²) < 4.78 is 27.9. The van der Waals surface area contributed by atoms with Crippen molar-refractivity contribution in [2.75, 3.05) is 13.6 Å². The van der Waals surface area contributed by atoms with E-state index in [-0.39, 0.29) is 6.54 Å². The highest BCUT2D eigenvalue weighted by molar-refractivity contribution is 5.20. The predicted octanol–water partition coefficient (Wildman–Crippen LogP) is 1.57. The van der Waals surface area contributed by atoms with E-state index >= 15 is 0 Å². The largest absolute Gasteiger partial charge is 0.387 e. The van der Waals surface area contributed by atoms with E-state index in [9.17, 15) is 13.9 Å². The highest BCUT2D eigenvalue weighted by atomic mass is 19.2. The van der Waals surface area contributed by atoms with Crippen LogP contribution in [0, 0.1) is 18.6 Å². The minimum Gasteiger partial charge on any atom is -0.387 e. The van der Waals surface area contributed by atoms with Gasteiger partial charge in [0.2, 0.25) is 0 Å². The Morgan fingerprint density at radius 3 is 2.57 bits per heavy atom. The van der Waals surface area contributed by atoms with Crippen LogP contribution in [0.3, 0.4) is 0 Å². The van der Waals surface area contributed by atoms with Gasteiger partial charge in [0.15, 0.2) is 11.6 Å². The van der Waals surface area contributed by atoms with E-state index in [1.165, 1.54) is 6.07 Å². The number of likely N-dealkylation sites (N-methyl/N-ethyl adjacent to an activating group) is 1. The number of rotatable bonds is 5. The van der Waals surface area contributed by atoms with Crippen LogP contribution in [0.5, 0.6) is 0 Å². The van der Waals surface area contributed by atoms with Gasteiger partial charge in [-0.3, -0.25) is 4.90 Å². The second-order valence-corrected chi connectivity index (χ2v) is 5.11. The number of nitrogens with zero attached hydrogens (tertiary/aromatic N) is 4. The van der Waals surface area contributed by atoms with Crippen molar-refractivity contribution < 1.29 is 13.9 Å². The van der Waals surface area contributed by atoms with Gasteiger partial charge in [-0.05, 0) is 31.7 Å². The van der Waals surface area contributed by atoms with Gasteiger partial charge in [-0.15, -0.1) is 10.2 Å². The standard InChI is InChI=1S/C14H18F2N4O/c1-9-17-18-14(20(9)3)8-19(2)7-13(21)10-4-5-11(15)12(16)6-10/h4-6,13,21H,7-8H2,1-3H3. The monoisotopic (exact) mass is 296 g/mol. The maximum absolute atomic E-state index is 13.2. The SMILES string of the molecule is Cc1nnc(CN(C)CC(O)c2ccc(F)c(F)c2)n1C. The molecule has 1 aromatic heterocycles. The predicted molar refractivity (Wildman–Crippen MR) is 73.4 cm³/mol. The number of aryl methyl sites for hydroxylation is 1. The molecule has 2 aromatic rings. The quantitative estimate of drug-likeness (QED) is 0.910. The smallest absolute Gasteiger partial charge is 0.159 e. The van der Waals surface area contributed by atoms with Gasteiger partial charge in [0, 0.05) is 13.6 Å². The first kappa shape index (κ1) is 15.5. The molecule has 7 heteroatoms. The summed E-state index contributed by atoms with van der Waals surface area (Å²) in [5.41, 5.74) is 0.342. The fourth-order valence-electron chi connectivity index (χ4n) is 2.01. The van der Waals surface area contributed by atoms with E-state index in [0.717, 1.165) is 23.8 Å². The van der Waals surface area contributed by atoms with Crippen LogP contribution in [0.15, 0.2) is 18.2 Å². The summed E-state index contributed by atoms with van der Waals surface area (Å²) >= 11 is 0. The number of aliphatic hydroxyl groups excluding tert-OH is 1. The average molecular weight is 296 g/mol. The number of halogens is 2. The van der Waals surface area contributed by atoms with Crippen LogP contribution in [0.4, 0.5) is 8.78 Å². The van der Waals surface area contributed by atoms with Crippen LogP contribution in [-0.4, -0.2) is 38.4 Å². The van der Waals surface area contributed by atoms with Crippen LogP contribution < -0.4 is 0 Å². The lowest BCUT2D eigenvalue weighted by Crippen LogP contribution is -2.25. The van der Waals surface area contributed by atoms with Gasteiger partial charge in [-0.1, -0.05) is 6.07 Å². The van der Waals surface area contributed by atoms with Crippen molar-refractivity contribution in [2.45, 2.75) is 19.6 Å². The first-order chi connectivity index (χ1) is 9.88. The summed E-state index contributed by atoms with van der Waals surface area (Å²) in [4.78, 5) is 1.84. The van der Waals surface area contributed by atoms with E-state index in [1.54, 1.807) is 0 Å². The lowest BCUT2D eigenvalue weighted by Gasteiger charge is -2.20. The van der Waals surface area contributed by atoms with Gasteiger partial charge in [-0.2, -0.15) is 0 Å². The van der Waals surface area contributed by atoms with Crippen molar-refractivity contribution in [1.29, 1.82) is 0 Å². The first-order valence-electron chi connectivity index (χ1n) is 6.55. The van der Waals surface area contributed by atoms with E-state index in [4.69, 9.17) is 0 Å². The molecule has 0 aliphatic carbocycles. The summed E-state index contributed by atoms with van der Waals surface area (Å²) in [7, 11) is 3.68. The summed E-state index contributed by atoms with van der Waals surface area (Å²) in [6.45, 7) is 2.63. The number of hydrogen-bond donors (Lipinski definition) is 1. The molecular weight excluding hydrogens is 278 g/mol. The lowest BCUT2D eigenvalue weighted by atomic mass is 10.1. The average Bonchev–Trinajstić information content (AvgIpc) is 2.73. The van der Waals surface area contributed by atoms with Crippen LogP contribution in [0.1, 0.15) is 23.3 Å². The molecule has 1 heterocycles.